The smallest absolute Gasteiger partial charge is 0.233 e. The third-order valence-corrected chi connectivity index (χ3v) is 3.22. The van der Waals surface area contributed by atoms with Gasteiger partial charge in [-0.3, -0.25) is 4.79 Å². The van der Waals surface area contributed by atoms with Gasteiger partial charge >= 0.3 is 0 Å². The molecule has 0 bridgehead atoms. The van der Waals surface area contributed by atoms with Crippen LogP contribution in [0.5, 0.6) is 0 Å². The van der Waals surface area contributed by atoms with E-state index in [1.807, 2.05) is 18.7 Å². The summed E-state index contributed by atoms with van der Waals surface area (Å²) in [4.78, 5) is 14.1. The highest BCUT2D eigenvalue weighted by Crippen LogP contribution is 2.30. The summed E-state index contributed by atoms with van der Waals surface area (Å²) < 4.78 is 0. The molecule has 5 heteroatoms. The van der Waals surface area contributed by atoms with Gasteiger partial charge in [-0.15, -0.1) is 0 Å². The second-order valence-corrected chi connectivity index (χ2v) is 4.69. The van der Waals surface area contributed by atoms with Gasteiger partial charge in [0, 0.05) is 13.1 Å². The van der Waals surface area contributed by atoms with Crippen molar-refractivity contribution in [3.63, 3.8) is 0 Å². The van der Waals surface area contributed by atoms with E-state index in [0.29, 0.717) is 18.9 Å². The molecule has 0 saturated heterocycles. The molecule has 0 aromatic carbocycles. The number of rotatable bonds is 7. The Balaban J connectivity index is 2.65. The van der Waals surface area contributed by atoms with Gasteiger partial charge in [-0.1, -0.05) is 18.5 Å². The minimum Gasteiger partial charge on any atom is -0.409 e. The molecule has 1 unspecified atom stereocenters. The molecule has 0 heterocycles. The average molecular weight is 241 g/mol. The van der Waals surface area contributed by atoms with E-state index in [2.05, 4.69) is 5.16 Å². The Kier molecular flexibility index (Phi) is 5.25. The highest BCUT2D eigenvalue weighted by molar-refractivity contribution is 6.02. The molecule has 1 rings (SSSR count). The maximum absolute atomic E-state index is 12.3. The number of amidine groups is 1. The lowest BCUT2D eigenvalue weighted by molar-refractivity contribution is -0.133. The number of nitrogens with two attached hydrogens (primary N) is 1. The number of carbonyl (C=O) groups is 1. The number of hydrogen-bond acceptors (Lipinski definition) is 3. The number of amides is 1. The molecule has 98 valence electrons. The Bertz CT molecular complexity index is 287. The van der Waals surface area contributed by atoms with E-state index in [4.69, 9.17) is 10.9 Å². The molecule has 0 aromatic rings. The van der Waals surface area contributed by atoms with Gasteiger partial charge in [0.1, 0.15) is 0 Å². The summed E-state index contributed by atoms with van der Waals surface area (Å²) in [6, 6.07) is 0. The minimum absolute atomic E-state index is 0.00319. The SMILES string of the molecule is CCCC(C(=O)N(CC)CC1CC1)C(N)=NO. The number of oxime groups is 1. The standard InChI is InChI=1S/C12H23N3O2/c1-3-5-10(11(13)14-17)12(16)15(4-2)8-9-6-7-9/h9-10,17H,3-8H2,1-2H3,(H2,13,14). The van der Waals surface area contributed by atoms with Gasteiger partial charge < -0.3 is 15.8 Å². The molecule has 1 aliphatic carbocycles. The molecule has 1 fully saturated rings. The number of carbonyl (C=O) groups excluding carboxylic acids is 1. The molecule has 0 spiro atoms. The second kappa shape index (κ2) is 6.47. The molecule has 0 aliphatic heterocycles. The third kappa shape index (κ3) is 3.91. The van der Waals surface area contributed by atoms with Crippen LogP contribution in [0.4, 0.5) is 0 Å². The van der Waals surface area contributed by atoms with Crippen molar-refractivity contribution in [3.05, 3.63) is 0 Å². The summed E-state index contributed by atoms with van der Waals surface area (Å²) in [6.45, 7) is 5.46. The summed E-state index contributed by atoms with van der Waals surface area (Å²) in [5, 5.41) is 11.7. The fourth-order valence-corrected chi connectivity index (χ4v) is 1.96. The largest absolute Gasteiger partial charge is 0.409 e. The number of nitrogens with zero attached hydrogens (tertiary/aromatic N) is 2. The first-order valence-corrected chi connectivity index (χ1v) is 6.40. The normalized spacial score (nSPS) is 17.9. The first-order chi connectivity index (χ1) is 8.13. The molecule has 1 saturated carbocycles. The molecular weight excluding hydrogens is 218 g/mol. The van der Waals surface area contributed by atoms with Gasteiger partial charge in [0.2, 0.25) is 5.91 Å². The second-order valence-electron chi connectivity index (χ2n) is 4.69. The first kappa shape index (κ1) is 13.8. The van der Waals surface area contributed by atoms with Crippen LogP contribution in [0.15, 0.2) is 5.16 Å². The highest BCUT2D eigenvalue weighted by Gasteiger charge is 2.31. The molecule has 0 radical (unpaired) electrons. The Morgan fingerprint density at radius 1 is 1.53 bits per heavy atom. The van der Waals surface area contributed by atoms with Gasteiger partial charge in [0.15, 0.2) is 5.84 Å². The van der Waals surface area contributed by atoms with Gasteiger partial charge in [-0.2, -0.15) is 0 Å². The van der Waals surface area contributed by atoms with E-state index >= 15 is 0 Å². The van der Waals surface area contributed by atoms with E-state index in [1.165, 1.54) is 12.8 Å². The van der Waals surface area contributed by atoms with Crippen molar-refractivity contribution in [1.29, 1.82) is 0 Å². The Hall–Kier alpha value is -1.26. The molecule has 1 atom stereocenters. The summed E-state index contributed by atoms with van der Waals surface area (Å²) >= 11 is 0. The maximum Gasteiger partial charge on any atom is 0.233 e. The zero-order valence-electron chi connectivity index (χ0n) is 10.7. The molecule has 1 amide bonds. The lowest BCUT2D eigenvalue weighted by Gasteiger charge is -2.25. The Morgan fingerprint density at radius 2 is 2.18 bits per heavy atom. The zero-order valence-corrected chi connectivity index (χ0v) is 10.7. The van der Waals surface area contributed by atoms with Crippen LogP contribution in [-0.4, -0.2) is 34.9 Å². The quantitative estimate of drug-likeness (QED) is 0.306. The van der Waals surface area contributed by atoms with Crippen LogP contribution in [0.25, 0.3) is 0 Å². The molecule has 0 aromatic heterocycles. The maximum atomic E-state index is 12.3. The molecular formula is C12H23N3O2. The van der Waals surface area contributed by atoms with Crippen LogP contribution in [0, 0.1) is 11.8 Å². The average Bonchev–Trinajstić information content (AvgIpc) is 3.15. The Labute approximate surface area is 103 Å². The van der Waals surface area contributed by atoms with Crippen molar-refractivity contribution >= 4 is 11.7 Å². The van der Waals surface area contributed by atoms with Gasteiger partial charge in [0.05, 0.1) is 5.92 Å². The van der Waals surface area contributed by atoms with Gasteiger partial charge in [0.25, 0.3) is 0 Å². The van der Waals surface area contributed by atoms with Crippen molar-refractivity contribution < 1.29 is 10.0 Å². The highest BCUT2D eigenvalue weighted by atomic mass is 16.4. The van der Waals surface area contributed by atoms with Crippen molar-refractivity contribution in [1.82, 2.24) is 4.90 Å². The van der Waals surface area contributed by atoms with E-state index in [9.17, 15) is 4.79 Å². The first-order valence-electron chi connectivity index (χ1n) is 6.40. The van der Waals surface area contributed by atoms with Crippen LogP contribution in [-0.2, 0) is 4.79 Å². The monoisotopic (exact) mass is 241 g/mol. The zero-order chi connectivity index (χ0) is 12.8. The predicted octanol–water partition coefficient (Wildman–Crippen LogP) is 1.41. The van der Waals surface area contributed by atoms with Crippen molar-refractivity contribution in [2.45, 2.75) is 39.5 Å². The van der Waals surface area contributed by atoms with E-state index in [0.717, 1.165) is 13.0 Å². The third-order valence-electron chi connectivity index (χ3n) is 3.22. The molecule has 17 heavy (non-hydrogen) atoms. The van der Waals surface area contributed by atoms with Gasteiger partial charge in [-0.25, -0.2) is 0 Å². The van der Waals surface area contributed by atoms with Gasteiger partial charge in [-0.05, 0) is 32.1 Å². The van der Waals surface area contributed by atoms with Crippen LogP contribution < -0.4 is 5.73 Å². The van der Waals surface area contributed by atoms with Crippen molar-refractivity contribution in [2.75, 3.05) is 13.1 Å². The topological polar surface area (TPSA) is 78.9 Å². The summed E-state index contributed by atoms with van der Waals surface area (Å²) in [5.74, 6) is 0.222. The van der Waals surface area contributed by atoms with Crippen molar-refractivity contribution in [2.24, 2.45) is 22.7 Å². The lowest BCUT2D eigenvalue weighted by atomic mass is 10.0. The summed E-state index contributed by atoms with van der Waals surface area (Å²) in [5.41, 5.74) is 5.60. The summed E-state index contributed by atoms with van der Waals surface area (Å²) in [7, 11) is 0. The van der Waals surface area contributed by atoms with Crippen LogP contribution in [0.3, 0.4) is 0 Å². The molecule has 5 nitrogen and oxygen atoms in total. The lowest BCUT2D eigenvalue weighted by Crippen LogP contribution is -2.42. The predicted molar refractivity (Wildman–Crippen MR) is 66.8 cm³/mol. The fraction of sp³-hybridized carbons (Fsp3) is 0.833. The van der Waals surface area contributed by atoms with E-state index in [1.54, 1.807) is 0 Å². The van der Waals surface area contributed by atoms with E-state index in [-0.39, 0.29) is 11.7 Å². The van der Waals surface area contributed by atoms with E-state index < -0.39 is 5.92 Å². The fourth-order valence-electron chi connectivity index (χ4n) is 1.96. The minimum atomic E-state index is -0.469. The van der Waals surface area contributed by atoms with Crippen LogP contribution in [0.2, 0.25) is 0 Å². The summed E-state index contributed by atoms with van der Waals surface area (Å²) in [6.07, 6.45) is 3.90. The number of hydrogen-bond donors (Lipinski definition) is 2. The van der Waals surface area contributed by atoms with Crippen LogP contribution >= 0.6 is 0 Å². The van der Waals surface area contributed by atoms with Crippen LogP contribution in [0.1, 0.15) is 39.5 Å². The molecule has 1 aliphatic rings. The van der Waals surface area contributed by atoms with Crippen molar-refractivity contribution in [3.8, 4) is 0 Å². The Morgan fingerprint density at radius 3 is 2.59 bits per heavy atom. The molecule has 3 N–H and O–H groups in total.